The number of hydrazine groups is 1. The van der Waals surface area contributed by atoms with Crippen LogP contribution in [-0.2, 0) is 11.2 Å². The molecule has 19 heavy (non-hydrogen) atoms. The molecular weight excluding hydrogens is 240 g/mol. The quantitative estimate of drug-likeness (QED) is 0.318. The van der Waals surface area contributed by atoms with E-state index < -0.39 is 0 Å². The lowest BCUT2D eigenvalue weighted by molar-refractivity contribution is 0.185. The first-order valence-electron chi connectivity index (χ1n) is 6.59. The Hall–Kier alpha value is -1.59. The van der Waals surface area contributed by atoms with E-state index in [-0.39, 0.29) is 6.04 Å². The number of nitrogens with one attached hydrogen (secondary N) is 2. The molecule has 4 N–H and O–H groups in total. The van der Waals surface area contributed by atoms with Crippen LogP contribution in [0.3, 0.4) is 0 Å². The second kappa shape index (κ2) is 8.50. The van der Waals surface area contributed by atoms with Crippen LogP contribution >= 0.6 is 0 Å². The van der Waals surface area contributed by atoms with Crippen molar-refractivity contribution in [1.82, 2.24) is 5.43 Å². The lowest BCUT2D eigenvalue weighted by Gasteiger charge is -2.14. The number of benzene rings is 1. The van der Waals surface area contributed by atoms with Crippen molar-refractivity contribution in [3.05, 3.63) is 29.8 Å². The predicted molar refractivity (Wildman–Crippen MR) is 80.2 cm³/mol. The van der Waals surface area contributed by atoms with E-state index >= 15 is 0 Å². The molecule has 0 spiro atoms. The Bertz CT molecular complexity index is 406. The largest absolute Gasteiger partial charge is 0.382 e. The number of guanidine groups is 1. The van der Waals surface area contributed by atoms with Gasteiger partial charge in [0.15, 0.2) is 0 Å². The summed E-state index contributed by atoms with van der Waals surface area (Å²) < 4.78 is 5.06. The van der Waals surface area contributed by atoms with Gasteiger partial charge in [-0.15, -0.1) is 0 Å². The van der Waals surface area contributed by atoms with Crippen molar-refractivity contribution in [2.45, 2.75) is 32.7 Å². The highest BCUT2D eigenvalue weighted by Crippen LogP contribution is 2.16. The second-order valence-corrected chi connectivity index (χ2v) is 4.46. The van der Waals surface area contributed by atoms with Crippen LogP contribution in [0.15, 0.2) is 29.3 Å². The molecule has 0 bridgehead atoms. The molecule has 0 heterocycles. The lowest BCUT2D eigenvalue weighted by Crippen LogP contribution is -2.37. The maximum atomic E-state index is 5.50. The minimum Gasteiger partial charge on any atom is -0.382 e. The summed E-state index contributed by atoms with van der Waals surface area (Å²) in [5, 5.41) is 3.23. The summed E-state index contributed by atoms with van der Waals surface area (Å²) in [7, 11) is 1.66. The number of anilines is 1. The highest BCUT2D eigenvalue weighted by atomic mass is 16.5. The minimum atomic E-state index is 0.0434. The first-order valence-corrected chi connectivity index (χ1v) is 6.59. The summed E-state index contributed by atoms with van der Waals surface area (Å²) in [4.78, 5) is 4.43. The Labute approximate surface area is 115 Å². The van der Waals surface area contributed by atoms with E-state index in [9.17, 15) is 0 Å². The molecule has 0 radical (unpaired) electrons. The van der Waals surface area contributed by atoms with Gasteiger partial charge in [-0.1, -0.05) is 31.5 Å². The van der Waals surface area contributed by atoms with Crippen LogP contribution in [0.1, 0.15) is 25.8 Å². The van der Waals surface area contributed by atoms with Gasteiger partial charge in [0.25, 0.3) is 0 Å². The fourth-order valence-electron chi connectivity index (χ4n) is 1.86. The minimum absolute atomic E-state index is 0.0434. The molecule has 1 unspecified atom stereocenters. The van der Waals surface area contributed by atoms with Crippen LogP contribution in [0, 0.1) is 0 Å². The van der Waals surface area contributed by atoms with Gasteiger partial charge in [-0.05, 0) is 25.0 Å². The van der Waals surface area contributed by atoms with E-state index in [1.54, 1.807) is 7.11 Å². The Balaban J connectivity index is 2.80. The van der Waals surface area contributed by atoms with Gasteiger partial charge in [0, 0.05) is 12.8 Å². The first-order chi connectivity index (χ1) is 9.21. The van der Waals surface area contributed by atoms with Gasteiger partial charge in [-0.3, -0.25) is 5.43 Å². The van der Waals surface area contributed by atoms with Gasteiger partial charge in [-0.25, -0.2) is 10.8 Å². The number of aliphatic imine (C=N–C) groups is 1. The molecule has 0 aliphatic heterocycles. The molecule has 0 saturated carbocycles. The number of nitrogens with two attached hydrogens (primary N) is 1. The van der Waals surface area contributed by atoms with E-state index in [1.807, 2.05) is 25.1 Å². The fourth-order valence-corrected chi connectivity index (χ4v) is 1.86. The first kappa shape index (κ1) is 15.5. The summed E-state index contributed by atoms with van der Waals surface area (Å²) in [6, 6.07) is 8.21. The molecule has 1 rings (SSSR count). The molecule has 1 aromatic carbocycles. The molecular formula is C14H24N4O. The Morgan fingerprint density at radius 3 is 2.79 bits per heavy atom. The van der Waals surface area contributed by atoms with Crippen molar-refractivity contribution in [3.8, 4) is 0 Å². The lowest BCUT2D eigenvalue weighted by atomic mass is 10.1. The van der Waals surface area contributed by atoms with E-state index in [4.69, 9.17) is 10.6 Å². The standard InChI is InChI=1S/C14H24N4O/c1-4-7-12-8-5-6-9-13(12)17-14(18-15)16-11(2)10-19-3/h5-6,8-9,11H,4,7,10,15H2,1-3H3,(H2,16,17,18). The van der Waals surface area contributed by atoms with Crippen molar-refractivity contribution >= 4 is 11.6 Å². The number of para-hydroxylation sites is 1. The third-order valence-corrected chi connectivity index (χ3v) is 2.68. The average Bonchev–Trinajstić information content (AvgIpc) is 2.40. The van der Waals surface area contributed by atoms with Crippen LogP contribution in [0.4, 0.5) is 5.69 Å². The molecule has 0 aliphatic rings. The van der Waals surface area contributed by atoms with E-state index in [2.05, 4.69) is 28.7 Å². The third-order valence-electron chi connectivity index (χ3n) is 2.68. The Kier molecular flexibility index (Phi) is 6.92. The fraction of sp³-hybridized carbons (Fsp3) is 0.500. The molecule has 0 amide bonds. The molecule has 0 aromatic heterocycles. The van der Waals surface area contributed by atoms with Crippen molar-refractivity contribution in [2.24, 2.45) is 10.8 Å². The molecule has 5 nitrogen and oxygen atoms in total. The molecule has 1 atom stereocenters. The van der Waals surface area contributed by atoms with Gasteiger partial charge in [0.05, 0.1) is 12.6 Å². The normalized spacial score (nSPS) is 13.2. The zero-order valence-electron chi connectivity index (χ0n) is 11.9. The van der Waals surface area contributed by atoms with Crippen LogP contribution < -0.4 is 16.6 Å². The summed E-state index contributed by atoms with van der Waals surface area (Å²) >= 11 is 0. The van der Waals surface area contributed by atoms with Gasteiger partial charge in [0.2, 0.25) is 5.96 Å². The van der Waals surface area contributed by atoms with E-state index in [1.165, 1.54) is 5.56 Å². The van der Waals surface area contributed by atoms with Gasteiger partial charge in [-0.2, -0.15) is 0 Å². The van der Waals surface area contributed by atoms with Gasteiger partial charge >= 0.3 is 0 Å². The Morgan fingerprint density at radius 2 is 2.16 bits per heavy atom. The van der Waals surface area contributed by atoms with E-state index in [0.29, 0.717) is 12.6 Å². The summed E-state index contributed by atoms with van der Waals surface area (Å²) in [6.07, 6.45) is 2.12. The zero-order valence-corrected chi connectivity index (χ0v) is 11.9. The number of rotatable bonds is 6. The van der Waals surface area contributed by atoms with Crippen molar-refractivity contribution in [2.75, 3.05) is 19.0 Å². The van der Waals surface area contributed by atoms with Crippen molar-refractivity contribution < 1.29 is 4.74 Å². The topological polar surface area (TPSA) is 71.7 Å². The van der Waals surface area contributed by atoms with Crippen LogP contribution in [0.2, 0.25) is 0 Å². The van der Waals surface area contributed by atoms with Gasteiger partial charge < -0.3 is 10.1 Å². The van der Waals surface area contributed by atoms with Crippen LogP contribution in [0.5, 0.6) is 0 Å². The van der Waals surface area contributed by atoms with Gasteiger partial charge in [0.1, 0.15) is 0 Å². The number of ether oxygens (including phenoxy) is 1. The molecule has 1 aromatic rings. The van der Waals surface area contributed by atoms with Crippen molar-refractivity contribution in [3.63, 3.8) is 0 Å². The summed E-state index contributed by atoms with van der Waals surface area (Å²) in [5.74, 6) is 6.05. The highest BCUT2D eigenvalue weighted by molar-refractivity contribution is 5.94. The smallest absolute Gasteiger partial charge is 0.210 e. The highest BCUT2D eigenvalue weighted by Gasteiger charge is 2.05. The summed E-state index contributed by atoms with van der Waals surface area (Å²) in [5.41, 5.74) is 4.88. The average molecular weight is 264 g/mol. The number of hydrogen-bond acceptors (Lipinski definition) is 3. The predicted octanol–water partition coefficient (Wildman–Crippen LogP) is 1.91. The monoisotopic (exact) mass is 264 g/mol. The SMILES string of the molecule is CCCc1ccccc1NC(=NC(C)COC)NN. The molecule has 106 valence electrons. The number of hydrogen-bond donors (Lipinski definition) is 3. The number of aryl methyl sites for hydroxylation is 1. The summed E-state index contributed by atoms with van der Waals surface area (Å²) in [6.45, 7) is 4.69. The number of nitrogens with zero attached hydrogens (tertiary/aromatic N) is 1. The maximum Gasteiger partial charge on any atom is 0.210 e. The number of methoxy groups -OCH3 is 1. The van der Waals surface area contributed by atoms with Crippen molar-refractivity contribution in [1.29, 1.82) is 0 Å². The van der Waals surface area contributed by atoms with Crippen LogP contribution in [-0.4, -0.2) is 25.7 Å². The second-order valence-electron chi connectivity index (χ2n) is 4.46. The maximum absolute atomic E-state index is 5.50. The zero-order chi connectivity index (χ0) is 14.1. The molecule has 5 heteroatoms. The Morgan fingerprint density at radius 1 is 1.42 bits per heavy atom. The molecule has 0 saturated heterocycles. The molecule has 0 fully saturated rings. The van der Waals surface area contributed by atoms with E-state index in [0.717, 1.165) is 18.5 Å². The third kappa shape index (κ3) is 5.28. The van der Waals surface area contributed by atoms with Crippen LogP contribution in [0.25, 0.3) is 0 Å². The molecule has 0 aliphatic carbocycles.